The molecule has 50 valence electrons. The summed E-state index contributed by atoms with van der Waals surface area (Å²) in [6.07, 6.45) is 1.22. The van der Waals surface area contributed by atoms with Crippen LogP contribution in [0.1, 0.15) is 6.42 Å². The minimum absolute atomic E-state index is 0.660. The largest absolute Gasteiger partial charge is 0.317 e. The van der Waals surface area contributed by atoms with E-state index in [1.54, 1.807) is 0 Å². The highest BCUT2D eigenvalue weighted by Gasteiger charge is 2.20. The van der Waals surface area contributed by atoms with Gasteiger partial charge in [0.1, 0.15) is 0 Å². The molecule has 0 aromatic carbocycles. The van der Waals surface area contributed by atoms with Gasteiger partial charge in [0.15, 0.2) is 0 Å². The lowest BCUT2D eigenvalue weighted by atomic mass is 10.1. The smallest absolute Gasteiger partial charge is 0.218 e. The molecule has 1 aliphatic rings. The van der Waals surface area contributed by atoms with Gasteiger partial charge in [-0.15, -0.1) is 0 Å². The van der Waals surface area contributed by atoms with Crippen molar-refractivity contribution < 1.29 is 0 Å². The molecular weight excluding hydrogens is 112 g/mol. The zero-order chi connectivity index (χ0) is 6.69. The van der Waals surface area contributed by atoms with Crippen LogP contribution in [0.15, 0.2) is 0 Å². The Hall–Kier alpha value is -0.550. The Morgan fingerprint density at radius 1 is 1.78 bits per heavy atom. The molecule has 2 heteroatoms. The van der Waals surface area contributed by atoms with Crippen LogP contribution in [0.25, 0.3) is 4.85 Å². The number of likely N-dealkylation sites (tertiary alicyclic amines) is 1. The maximum Gasteiger partial charge on any atom is 0.218 e. The van der Waals surface area contributed by atoms with Gasteiger partial charge in [-0.25, -0.2) is 6.57 Å². The van der Waals surface area contributed by atoms with Gasteiger partial charge in [-0.1, -0.05) is 0 Å². The molecule has 0 amide bonds. The Labute approximate surface area is 56.3 Å². The summed E-state index contributed by atoms with van der Waals surface area (Å²) in [5.74, 6) is 0.660. The van der Waals surface area contributed by atoms with Crippen LogP contribution in [0.5, 0.6) is 0 Å². The molecule has 9 heavy (non-hydrogen) atoms. The van der Waals surface area contributed by atoms with Crippen molar-refractivity contribution in [2.45, 2.75) is 6.42 Å². The Bertz CT molecular complexity index is 125. The van der Waals surface area contributed by atoms with Crippen LogP contribution in [-0.2, 0) is 0 Å². The van der Waals surface area contributed by atoms with E-state index in [0.29, 0.717) is 5.92 Å². The molecule has 1 aliphatic heterocycles. The second-order valence-corrected chi connectivity index (χ2v) is 2.76. The molecule has 0 bridgehead atoms. The molecule has 0 spiro atoms. The molecule has 0 aromatic heterocycles. The summed E-state index contributed by atoms with van der Waals surface area (Å²) in [6, 6.07) is 0. The first kappa shape index (κ1) is 6.57. The molecule has 2 nitrogen and oxygen atoms in total. The van der Waals surface area contributed by atoms with E-state index in [9.17, 15) is 0 Å². The molecule has 1 atom stereocenters. The van der Waals surface area contributed by atoms with E-state index in [1.165, 1.54) is 13.0 Å². The first-order valence-corrected chi connectivity index (χ1v) is 3.34. The van der Waals surface area contributed by atoms with Gasteiger partial charge in [-0.2, -0.15) is 0 Å². The number of hydrogen-bond donors (Lipinski definition) is 0. The van der Waals surface area contributed by atoms with Crippen molar-refractivity contribution in [3.63, 3.8) is 0 Å². The van der Waals surface area contributed by atoms with Crippen molar-refractivity contribution in [3.8, 4) is 0 Å². The van der Waals surface area contributed by atoms with E-state index >= 15 is 0 Å². The number of rotatable bonds is 1. The third kappa shape index (κ3) is 1.69. The third-order valence-electron chi connectivity index (χ3n) is 1.84. The summed E-state index contributed by atoms with van der Waals surface area (Å²) in [7, 11) is 2.12. The zero-order valence-corrected chi connectivity index (χ0v) is 5.80. The van der Waals surface area contributed by atoms with Crippen molar-refractivity contribution >= 4 is 0 Å². The molecule has 0 aliphatic carbocycles. The fourth-order valence-electron chi connectivity index (χ4n) is 1.30. The summed E-state index contributed by atoms with van der Waals surface area (Å²) in [6.45, 7) is 9.67. The lowest BCUT2D eigenvalue weighted by Gasteiger charge is -2.03. The van der Waals surface area contributed by atoms with Crippen LogP contribution in [0.4, 0.5) is 0 Å². The molecule has 1 fully saturated rings. The maximum atomic E-state index is 6.64. The highest BCUT2D eigenvalue weighted by Crippen LogP contribution is 2.13. The van der Waals surface area contributed by atoms with Crippen LogP contribution < -0.4 is 0 Å². The third-order valence-corrected chi connectivity index (χ3v) is 1.84. The lowest BCUT2D eigenvalue weighted by Crippen LogP contribution is -2.14. The second kappa shape index (κ2) is 2.84. The van der Waals surface area contributed by atoms with E-state index in [-0.39, 0.29) is 0 Å². The highest BCUT2D eigenvalue weighted by molar-refractivity contribution is 4.78. The summed E-state index contributed by atoms with van der Waals surface area (Å²) in [4.78, 5) is 5.66. The molecule has 0 saturated carbocycles. The van der Waals surface area contributed by atoms with E-state index in [2.05, 4.69) is 16.8 Å². The second-order valence-electron chi connectivity index (χ2n) is 2.76. The van der Waals surface area contributed by atoms with Gasteiger partial charge in [-0.05, 0) is 20.0 Å². The Morgan fingerprint density at radius 3 is 3.00 bits per heavy atom. The van der Waals surface area contributed by atoms with Crippen molar-refractivity contribution in [1.82, 2.24) is 4.90 Å². The Balaban J connectivity index is 2.24. The average molecular weight is 124 g/mol. The molecule has 1 saturated heterocycles. The first-order chi connectivity index (χ1) is 4.33. The summed E-state index contributed by atoms with van der Waals surface area (Å²) < 4.78 is 0. The van der Waals surface area contributed by atoms with E-state index in [4.69, 9.17) is 6.57 Å². The molecule has 1 unspecified atom stereocenters. The van der Waals surface area contributed by atoms with Crippen LogP contribution in [0.3, 0.4) is 0 Å². The van der Waals surface area contributed by atoms with Gasteiger partial charge in [0.05, 0.1) is 0 Å². The van der Waals surface area contributed by atoms with Gasteiger partial charge < -0.3 is 9.74 Å². The molecule has 1 rings (SSSR count). The summed E-state index contributed by atoms with van der Waals surface area (Å²) >= 11 is 0. The lowest BCUT2D eigenvalue weighted by molar-refractivity contribution is 0.400. The van der Waals surface area contributed by atoms with Crippen molar-refractivity contribution in [3.05, 3.63) is 11.4 Å². The predicted molar refractivity (Wildman–Crippen MR) is 37.1 cm³/mol. The molecule has 0 radical (unpaired) electrons. The van der Waals surface area contributed by atoms with Gasteiger partial charge in [0.25, 0.3) is 0 Å². The Morgan fingerprint density at radius 2 is 2.56 bits per heavy atom. The monoisotopic (exact) mass is 124 g/mol. The van der Waals surface area contributed by atoms with E-state index in [0.717, 1.165) is 13.1 Å². The van der Waals surface area contributed by atoms with E-state index < -0.39 is 0 Å². The summed E-state index contributed by atoms with van der Waals surface area (Å²) in [5, 5.41) is 0. The molecule has 0 N–H and O–H groups in total. The van der Waals surface area contributed by atoms with Crippen LogP contribution in [0.2, 0.25) is 0 Å². The van der Waals surface area contributed by atoms with Gasteiger partial charge >= 0.3 is 0 Å². The fourth-order valence-corrected chi connectivity index (χ4v) is 1.30. The van der Waals surface area contributed by atoms with Crippen molar-refractivity contribution in [2.24, 2.45) is 5.92 Å². The van der Waals surface area contributed by atoms with Gasteiger partial charge in [0.2, 0.25) is 6.54 Å². The fraction of sp³-hybridized carbons (Fsp3) is 0.857. The standard InChI is InChI=1S/C7H12N2/c1-8-5-7-3-4-9(2)6-7/h7H,3-6H2,2H3. The normalized spacial score (nSPS) is 28.2. The predicted octanol–water partition coefficient (Wildman–Crippen LogP) is 0.857. The Kier molecular flexibility index (Phi) is 2.07. The maximum absolute atomic E-state index is 6.64. The highest BCUT2D eigenvalue weighted by atomic mass is 15.1. The molecule has 0 aromatic rings. The van der Waals surface area contributed by atoms with Crippen molar-refractivity contribution in [2.75, 3.05) is 26.7 Å². The first-order valence-electron chi connectivity index (χ1n) is 3.34. The minimum Gasteiger partial charge on any atom is -0.317 e. The minimum atomic E-state index is 0.660. The van der Waals surface area contributed by atoms with Gasteiger partial charge in [-0.3, -0.25) is 0 Å². The number of nitrogens with zero attached hydrogens (tertiary/aromatic N) is 2. The van der Waals surface area contributed by atoms with Crippen LogP contribution in [0, 0.1) is 12.5 Å². The quantitative estimate of drug-likeness (QED) is 0.470. The van der Waals surface area contributed by atoms with Crippen molar-refractivity contribution in [1.29, 1.82) is 0 Å². The average Bonchev–Trinajstić information content (AvgIpc) is 2.17. The summed E-state index contributed by atoms with van der Waals surface area (Å²) in [5.41, 5.74) is 0. The number of hydrogen-bond acceptors (Lipinski definition) is 1. The van der Waals surface area contributed by atoms with Crippen LogP contribution >= 0.6 is 0 Å². The molecular formula is C7H12N2. The molecule has 1 heterocycles. The zero-order valence-electron chi connectivity index (χ0n) is 5.80. The van der Waals surface area contributed by atoms with E-state index in [1.807, 2.05) is 0 Å². The van der Waals surface area contributed by atoms with Gasteiger partial charge in [0, 0.05) is 12.5 Å². The van der Waals surface area contributed by atoms with Crippen LogP contribution in [-0.4, -0.2) is 31.6 Å². The topological polar surface area (TPSA) is 7.60 Å². The SMILES string of the molecule is [C-]#[N+]CC1CCN(C)C1.